The molecule has 3 rings (SSSR count). The number of thiophene rings is 1. The van der Waals surface area contributed by atoms with Gasteiger partial charge in [0.05, 0.1) is 29.3 Å². The molecule has 0 radical (unpaired) electrons. The van der Waals surface area contributed by atoms with Crippen LogP contribution in [-0.4, -0.2) is 53.5 Å². The molecule has 3 heterocycles. The molecule has 1 aliphatic rings. The number of aryl methyl sites for hydroxylation is 2. The van der Waals surface area contributed by atoms with Gasteiger partial charge in [-0.2, -0.15) is 0 Å². The van der Waals surface area contributed by atoms with Crippen LogP contribution in [0.3, 0.4) is 0 Å². The van der Waals surface area contributed by atoms with Crippen molar-refractivity contribution in [1.82, 2.24) is 15.2 Å². The third kappa shape index (κ3) is 6.08. The number of carbonyl (C=O) groups excluding carboxylic acids is 2. The van der Waals surface area contributed by atoms with Crippen molar-refractivity contribution < 1.29 is 14.3 Å². The van der Waals surface area contributed by atoms with Gasteiger partial charge in [-0.1, -0.05) is 6.92 Å². The standard InChI is InChI=1S/C20H28N4O3S2/c1-5-16-12(2)6-17(29-16)19(26)21-7-18(25)23-20-22-15(11-28-20)10-24-8-13(3)27-14(4)9-24/h6,11,13-14H,5,7-10H2,1-4H3,(H,21,26)(H,22,23,25)/t13-,14-/m0/s1. The Labute approximate surface area is 179 Å². The first-order chi connectivity index (χ1) is 13.8. The molecule has 2 N–H and O–H groups in total. The predicted octanol–water partition coefficient (Wildman–Crippen LogP) is 3.05. The topological polar surface area (TPSA) is 83.6 Å². The van der Waals surface area contributed by atoms with Gasteiger partial charge in [-0.3, -0.25) is 14.5 Å². The molecule has 0 bridgehead atoms. The number of ether oxygens (including phenoxy) is 1. The van der Waals surface area contributed by atoms with E-state index >= 15 is 0 Å². The highest BCUT2D eigenvalue weighted by atomic mass is 32.1. The molecule has 2 aromatic rings. The third-order valence-corrected chi connectivity index (χ3v) is 6.84. The molecule has 158 valence electrons. The molecule has 0 unspecified atom stereocenters. The van der Waals surface area contributed by atoms with Gasteiger partial charge in [0.2, 0.25) is 5.91 Å². The second kappa shape index (κ2) is 9.80. The Morgan fingerprint density at radius 1 is 1.31 bits per heavy atom. The van der Waals surface area contributed by atoms with Crippen molar-refractivity contribution >= 4 is 39.6 Å². The van der Waals surface area contributed by atoms with E-state index in [-0.39, 0.29) is 30.6 Å². The van der Waals surface area contributed by atoms with Crippen molar-refractivity contribution in [2.75, 3.05) is 25.0 Å². The summed E-state index contributed by atoms with van der Waals surface area (Å²) in [6, 6.07) is 1.87. The second-order valence-electron chi connectivity index (χ2n) is 7.40. The molecule has 2 aromatic heterocycles. The highest BCUT2D eigenvalue weighted by molar-refractivity contribution is 7.14. The molecule has 1 fully saturated rings. The Hall–Kier alpha value is -1.81. The molecule has 1 saturated heterocycles. The lowest BCUT2D eigenvalue weighted by Crippen LogP contribution is -2.44. The molecule has 7 nitrogen and oxygen atoms in total. The van der Waals surface area contributed by atoms with Crippen molar-refractivity contribution in [3.8, 4) is 0 Å². The van der Waals surface area contributed by atoms with Gasteiger partial charge in [-0.25, -0.2) is 4.98 Å². The number of thiazole rings is 1. The van der Waals surface area contributed by atoms with E-state index in [1.54, 1.807) is 0 Å². The number of rotatable bonds is 7. The molecule has 9 heteroatoms. The lowest BCUT2D eigenvalue weighted by Gasteiger charge is -2.34. The smallest absolute Gasteiger partial charge is 0.261 e. The van der Waals surface area contributed by atoms with Gasteiger partial charge in [0.25, 0.3) is 5.91 Å². The minimum Gasteiger partial charge on any atom is -0.373 e. The number of hydrogen-bond acceptors (Lipinski definition) is 7. The van der Waals surface area contributed by atoms with Gasteiger partial charge >= 0.3 is 0 Å². The van der Waals surface area contributed by atoms with Gasteiger partial charge in [0.15, 0.2) is 5.13 Å². The van der Waals surface area contributed by atoms with Gasteiger partial charge in [0.1, 0.15) is 0 Å². The van der Waals surface area contributed by atoms with Crippen LogP contribution in [0.25, 0.3) is 0 Å². The molecule has 0 saturated carbocycles. The van der Waals surface area contributed by atoms with Crippen LogP contribution in [0.15, 0.2) is 11.4 Å². The van der Waals surface area contributed by atoms with Crippen molar-refractivity contribution in [3.05, 3.63) is 32.5 Å². The van der Waals surface area contributed by atoms with Crippen LogP contribution in [0.1, 0.15) is 46.6 Å². The van der Waals surface area contributed by atoms with E-state index in [1.165, 1.54) is 27.6 Å². The van der Waals surface area contributed by atoms with Crippen LogP contribution in [0.2, 0.25) is 0 Å². The van der Waals surface area contributed by atoms with Crippen LogP contribution >= 0.6 is 22.7 Å². The monoisotopic (exact) mass is 436 g/mol. The summed E-state index contributed by atoms with van der Waals surface area (Å²) in [7, 11) is 0. The number of morpholine rings is 1. The van der Waals surface area contributed by atoms with E-state index in [4.69, 9.17) is 4.74 Å². The minimum absolute atomic E-state index is 0.0787. The zero-order valence-electron chi connectivity index (χ0n) is 17.3. The second-order valence-corrected chi connectivity index (χ2v) is 9.39. The normalized spacial score (nSPS) is 19.9. The Bertz CT molecular complexity index is 854. The first-order valence-electron chi connectivity index (χ1n) is 9.83. The molecule has 2 atom stereocenters. The summed E-state index contributed by atoms with van der Waals surface area (Å²) in [6.07, 6.45) is 1.32. The van der Waals surface area contributed by atoms with E-state index < -0.39 is 0 Å². The van der Waals surface area contributed by atoms with Crippen LogP contribution in [-0.2, 0) is 22.5 Å². The Morgan fingerprint density at radius 2 is 2.03 bits per heavy atom. The van der Waals surface area contributed by atoms with E-state index in [2.05, 4.69) is 41.3 Å². The van der Waals surface area contributed by atoms with Crippen molar-refractivity contribution in [3.63, 3.8) is 0 Å². The van der Waals surface area contributed by atoms with Gasteiger partial charge in [0, 0.05) is 29.9 Å². The number of nitrogens with zero attached hydrogens (tertiary/aromatic N) is 2. The fourth-order valence-electron chi connectivity index (χ4n) is 3.47. The highest BCUT2D eigenvalue weighted by Gasteiger charge is 2.23. The molecule has 0 aliphatic carbocycles. The first-order valence-corrected chi connectivity index (χ1v) is 11.5. The Balaban J connectivity index is 1.46. The molecule has 1 aliphatic heterocycles. The summed E-state index contributed by atoms with van der Waals surface area (Å²) < 4.78 is 5.75. The van der Waals surface area contributed by atoms with Gasteiger partial charge in [-0.05, 0) is 38.8 Å². The quantitative estimate of drug-likeness (QED) is 0.697. The summed E-state index contributed by atoms with van der Waals surface area (Å²) in [5.41, 5.74) is 2.04. The zero-order chi connectivity index (χ0) is 21.0. The maximum absolute atomic E-state index is 12.3. The Morgan fingerprint density at radius 3 is 2.69 bits per heavy atom. The summed E-state index contributed by atoms with van der Waals surface area (Å²) in [6.45, 7) is 10.6. The molecular formula is C20H28N4O3S2. The van der Waals surface area contributed by atoms with Crippen LogP contribution in [0, 0.1) is 6.92 Å². The van der Waals surface area contributed by atoms with E-state index in [0.29, 0.717) is 10.0 Å². The van der Waals surface area contributed by atoms with Crippen LogP contribution in [0.5, 0.6) is 0 Å². The maximum atomic E-state index is 12.3. The lowest BCUT2D eigenvalue weighted by molar-refractivity contribution is -0.115. The molecular weight excluding hydrogens is 408 g/mol. The lowest BCUT2D eigenvalue weighted by atomic mass is 10.2. The van der Waals surface area contributed by atoms with E-state index in [9.17, 15) is 9.59 Å². The first kappa shape index (κ1) is 21.9. The summed E-state index contributed by atoms with van der Waals surface area (Å²) in [5.74, 6) is -0.500. The molecule has 0 aromatic carbocycles. The summed E-state index contributed by atoms with van der Waals surface area (Å²) in [4.78, 5) is 33.1. The fourth-order valence-corrected chi connectivity index (χ4v) is 5.22. The average Bonchev–Trinajstić information content (AvgIpc) is 3.24. The Kier molecular flexibility index (Phi) is 7.39. The van der Waals surface area contributed by atoms with Crippen molar-refractivity contribution in [1.29, 1.82) is 0 Å². The van der Waals surface area contributed by atoms with Gasteiger partial charge in [-0.15, -0.1) is 22.7 Å². The number of anilines is 1. The molecule has 29 heavy (non-hydrogen) atoms. The predicted molar refractivity (Wildman–Crippen MR) is 117 cm³/mol. The largest absolute Gasteiger partial charge is 0.373 e. The third-order valence-electron chi connectivity index (χ3n) is 4.65. The number of nitrogens with one attached hydrogen (secondary N) is 2. The number of carbonyl (C=O) groups is 2. The highest BCUT2D eigenvalue weighted by Crippen LogP contribution is 2.22. The van der Waals surface area contributed by atoms with Crippen molar-refractivity contribution in [2.45, 2.75) is 52.9 Å². The van der Waals surface area contributed by atoms with E-state index in [0.717, 1.165) is 37.3 Å². The fraction of sp³-hybridized carbons (Fsp3) is 0.550. The van der Waals surface area contributed by atoms with E-state index in [1.807, 2.05) is 18.4 Å². The maximum Gasteiger partial charge on any atom is 0.261 e. The summed E-state index contributed by atoms with van der Waals surface area (Å²) in [5, 5.41) is 7.95. The van der Waals surface area contributed by atoms with Crippen molar-refractivity contribution in [2.24, 2.45) is 0 Å². The van der Waals surface area contributed by atoms with Gasteiger partial charge < -0.3 is 15.4 Å². The minimum atomic E-state index is -0.281. The molecule has 0 spiro atoms. The number of hydrogen-bond donors (Lipinski definition) is 2. The SMILES string of the molecule is CCc1sc(C(=O)NCC(=O)Nc2nc(CN3C[C@H](C)O[C@@H](C)C3)cs2)cc1C. The number of amides is 2. The molecule has 2 amide bonds. The summed E-state index contributed by atoms with van der Waals surface area (Å²) >= 11 is 2.87. The average molecular weight is 437 g/mol. The zero-order valence-corrected chi connectivity index (χ0v) is 18.9. The number of aromatic nitrogens is 1. The van der Waals surface area contributed by atoms with Crippen LogP contribution in [0.4, 0.5) is 5.13 Å². The van der Waals surface area contributed by atoms with Crippen LogP contribution < -0.4 is 10.6 Å².